The lowest BCUT2D eigenvalue weighted by atomic mass is 9.79. The van der Waals surface area contributed by atoms with E-state index in [1.165, 1.54) is 0 Å². The van der Waals surface area contributed by atoms with Crippen molar-refractivity contribution in [2.75, 3.05) is 13.2 Å². The summed E-state index contributed by atoms with van der Waals surface area (Å²) < 4.78 is 23.1. The molecule has 3 heterocycles. The van der Waals surface area contributed by atoms with Crippen LogP contribution in [0, 0.1) is 0 Å². The van der Waals surface area contributed by atoms with Crippen molar-refractivity contribution in [3.8, 4) is 5.75 Å². The molecule has 1 N–H and O–H groups in total. The minimum atomic E-state index is -0.923. The molecule has 2 aliphatic heterocycles. The number of benzene rings is 1. The average molecular weight is 383 g/mol. The largest absolute Gasteiger partial charge is 0.494 e. The molecule has 0 saturated carbocycles. The molecule has 7 heteroatoms. The molecule has 0 atom stereocenters. The van der Waals surface area contributed by atoms with Gasteiger partial charge >= 0.3 is 7.12 Å². The normalized spacial score (nSPS) is 22.0. The number of hydrogen-bond acceptors (Lipinski definition) is 6. The lowest BCUT2D eigenvalue weighted by molar-refractivity contribution is -0.184. The lowest BCUT2D eigenvalue weighted by Gasteiger charge is -2.36. The molecule has 4 rings (SSSR count). The highest BCUT2D eigenvalue weighted by molar-refractivity contribution is 6.62. The molecule has 2 aromatic rings. The Hall–Kier alpha value is -1.93. The molecule has 0 unspecified atom stereocenters. The maximum Gasteiger partial charge on any atom is 0.494 e. The third-order valence-corrected chi connectivity index (χ3v) is 5.82. The highest BCUT2D eigenvalue weighted by Gasteiger charge is 2.51. The van der Waals surface area contributed by atoms with Crippen LogP contribution in [0.1, 0.15) is 38.8 Å². The zero-order valence-electron chi connectivity index (χ0n) is 16.8. The maximum absolute atomic E-state index is 10.4. The van der Waals surface area contributed by atoms with Gasteiger partial charge in [-0.25, -0.2) is 0 Å². The van der Waals surface area contributed by atoms with Gasteiger partial charge in [0.1, 0.15) is 18.0 Å². The molecule has 6 nitrogen and oxygen atoms in total. The first-order chi connectivity index (χ1) is 13.2. The van der Waals surface area contributed by atoms with Gasteiger partial charge in [-0.3, -0.25) is 4.98 Å². The Labute approximate surface area is 165 Å². The van der Waals surface area contributed by atoms with Gasteiger partial charge in [0.25, 0.3) is 0 Å². The molecule has 1 aromatic carbocycles. The van der Waals surface area contributed by atoms with Gasteiger partial charge in [0.2, 0.25) is 0 Å². The second kappa shape index (κ2) is 6.85. The highest BCUT2D eigenvalue weighted by Crippen LogP contribution is 2.36. The van der Waals surface area contributed by atoms with Gasteiger partial charge < -0.3 is 23.9 Å². The van der Waals surface area contributed by atoms with E-state index >= 15 is 0 Å². The summed E-state index contributed by atoms with van der Waals surface area (Å²) >= 11 is 0. The van der Waals surface area contributed by atoms with Crippen molar-refractivity contribution in [2.45, 2.75) is 51.1 Å². The highest BCUT2D eigenvalue weighted by atomic mass is 16.7. The van der Waals surface area contributed by atoms with Gasteiger partial charge in [-0.15, -0.1) is 0 Å². The summed E-state index contributed by atoms with van der Waals surface area (Å²) in [5.74, 6) is 0.747. The molecule has 0 amide bonds. The SMILES string of the molecule is CC1(C)OB(c2ccc(OCc3cncc(C4(O)COC4)c3)cc2)OC1(C)C. The summed E-state index contributed by atoms with van der Waals surface area (Å²) in [5, 5.41) is 10.4. The molecule has 0 radical (unpaired) electrons. The quantitative estimate of drug-likeness (QED) is 0.799. The number of rotatable bonds is 5. The van der Waals surface area contributed by atoms with E-state index in [2.05, 4.69) is 4.98 Å². The van der Waals surface area contributed by atoms with Crippen molar-refractivity contribution in [3.63, 3.8) is 0 Å². The predicted molar refractivity (Wildman–Crippen MR) is 105 cm³/mol. The van der Waals surface area contributed by atoms with E-state index in [1.807, 2.05) is 58.0 Å². The molecule has 148 valence electrons. The van der Waals surface area contributed by atoms with Crippen LogP contribution in [0.2, 0.25) is 0 Å². The van der Waals surface area contributed by atoms with Gasteiger partial charge in [-0.05, 0) is 51.4 Å². The van der Waals surface area contributed by atoms with Crippen LogP contribution >= 0.6 is 0 Å². The van der Waals surface area contributed by atoms with Crippen LogP contribution in [0.25, 0.3) is 0 Å². The molecule has 0 spiro atoms. The van der Waals surface area contributed by atoms with Crippen LogP contribution in [0.15, 0.2) is 42.7 Å². The fraction of sp³-hybridized carbons (Fsp3) is 0.476. The Morgan fingerprint density at radius 1 is 1.04 bits per heavy atom. The van der Waals surface area contributed by atoms with Crippen LogP contribution in [0.5, 0.6) is 5.75 Å². The summed E-state index contributed by atoms with van der Waals surface area (Å²) in [5.41, 5.74) is 0.972. The van der Waals surface area contributed by atoms with Crippen molar-refractivity contribution in [3.05, 3.63) is 53.9 Å². The number of pyridine rings is 1. The Bertz CT molecular complexity index is 832. The standard InChI is InChI=1S/C21H26BNO5/c1-19(2)20(3,4)28-22(27-19)17-5-7-18(8-6-17)26-12-15-9-16(11-23-10-15)21(24)13-25-14-21/h5-11,24H,12-14H2,1-4H3. The van der Waals surface area contributed by atoms with E-state index in [4.69, 9.17) is 18.8 Å². The van der Waals surface area contributed by atoms with E-state index in [9.17, 15) is 5.11 Å². The number of aliphatic hydroxyl groups is 1. The Balaban J connectivity index is 1.39. The van der Waals surface area contributed by atoms with Crippen LogP contribution in [0.4, 0.5) is 0 Å². The van der Waals surface area contributed by atoms with E-state index < -0.39 is 5.60 Å². The zero-order valence-corrected chi connectivity index (χ0v) is 16.8. The van der Waals surface area contributed by atoms with Crippen molar-refractivity contribution in [1.29, 1.82) is 0 Å². The van der Waals surface area contributed by atoms with Crippen molar-refractivity contribution < 1.29 is 23.9 Å². The first-order valence-corrected chi connectivity index (χ1v) is 9.52. The molecule has 0 bridgehead atoms. The number of ether oxygens (including phenoxy) is 2. The molecule has 2 saturated heterocycles. The van der Waals surface area contributed by atoms with Crippen molar-refractivity contribution in [1.82, 2.24) is 4.98 Å². The molecule has 0 aliphatic carbocycles. The van der Waals surface area contributed by atoms with Crippen LogP contribution in [-0.4, -0.2) is 41.6 Å². The molecular weight excluding hydrogens is 357 g/mol. The van der Waals surface area contributed by atoms with Crippen molar-refractivity contribution in [2.24, 2.45) is 0 Å². The van der Waals surface area contributed by atoms with Crippen molar-refractivity contribution >= 4 is 12.6 Å². The predicted octanol–water partition coefficient (Wildman–Crippen LogP) is 2.18. The molecule has 2 aliphatic rings. The first kappa shape index (κ1) is 19.4. The summed E-state index contributed by atoms with van der Waals surface area (Å²) in [6.07, 6.45) is 3.41. The van der Waals surface area contributed by atoms with Crippen LogP contribution < -0.4 is 10.2 Å². The monoisotopic (exact) mass is 383 g/mol. The van der Waals surface area contributed by atoms with E-state index in [1.54, 1.807) is 12.4 Å². The fourth-order valence-corrected chi connectivity index (χ4v) is 3.15. The van der Waals surface area contributed by atoms with Crippen LogP contribution in [0.3, 0.4) is 0 Å². The number of nitrogens with zero attached hydrogens (tertiary/aromatic N) is 1. The Morgan fingerprint density at radius 2 is 1.68 bits per heavy atom. The zero-order chi connectivity index (χ0) is 20.0. The van der Waals surface area contributed by atoms with Gasteiger partial charge in [0, 0.05) is 23.5 Å². The van der Waals surface area contributed by atoms with Gasteiger partial charge in [0.05, 0.1) is 24.4 Å². The topological polar surface area (TPSA) is 70.0 Å². The first-order valence-electron chi connectivity index (χ1n) is 9.52. The minimum absolute atomic E-state index is 0.305. The smallest absolute Gasteiger partial charge is 0.489 e. The molecule has 2 fully saturated rings. The fourth-order valence-electron chi connectivity index (χ4n) is 3.15. The second-order valence-electron chi connectivity index (χ2n) is 8.55. The van der Waals surface area contributed by atoms with E-state index in [0.717, 1.165) is 22.3 Å². The summed E-state index contributed by atoms with van der Waals surface area (Å²) in [6.45, 7) is 9.14. The third kappa shape index (κ3) is 3.55. The van der Waals surface area contributed by atoms with E-state index in [0.29, 0.717) is 19.8 Å². The van der Waals surface area contributed by atoms with Gasteiger partial charge in [0.15, 0.2) is 0 Å². The third-order valence-electron chi connectivity index (χ3n) is 5.82. The van der Waals surface area contributed by atoms with E-state index in [-0.39, 0.29) is 18.3 Å². The summed E-state index contributed by atoms with van der Waals surface area (Å²) in [7, 11) is -0.384. The number of aromatic nitrogens is 1. The Morgan fingerprint density at radius 3 is 2.25 bits per heavy atom. The van der Waals surface area contributed by atoms with Gasteiger partial charge in [-0.2, -0.15) is 0 Å². The van der Waals surface area contributed by atoms with Crippen LogP contribution in [-0.2, 0) is 26.3 Å². The molecular formula is C21H26BNO5. The molecule has 1 aromatic heterocycles. The minimum Gasteiger partial charge on any atom is -0.489 e. The summed E-state index contributed by atoms with van der Waals surface area (Å²) in [4.78, 5) is 4.21. The summed E-state index contributed by atoms with van der Waals surface area (Å²) in [6, 6.07) is 9.64. The molecule has 28 heavy (non-hydrogen) atoms. The number of hydrogen-bond donors (Lipinski definition) is 1. The lowest BCUT2D eigenvalue weighted by Crippen LogP contribution is -2.46. The average Bonchev–Trinajstić information content (AvgIpc) is 2.86. The maximum atomic E-state index is 10.4. The second-order valence-corrected chi connectivity index (χ2v) is 8.55. The van der Waals surface area contributed by atoms with Gasteiger partial charge in [-0.1, -0.05) is 12.1 Å². The Kier molecular flexibility index (Phi) is 4.74.